The van der Waals surface area contributed by atoms with Gasteiger partial charge in [0.05, 0.1) is 13.0 Å². The minimum absolute atomic E-state index is 0.393. The van der Waals surface area contributed by atoms with E-state index in [2.05, 4.69) is 5.32 Å². The van der Waals surface area contributed by atoms with Gasteiger partial charge in [-0.2, -0.15) is 0 Å². The predicted octanol–water partition coefficient (Wildman–Crippen LogP) is -0.176. The number of benzene rings is 1. The van der Waals surface area contributed by atoms with Crippen molar-refractivity contribution in [3.05, 3.63) is 35.4 Å². The Morgan fingerprint density at radius 2 is 1.55 bits per heavy atom. The molecule has 1 aromatic carbocycles. The maximum atomic E-state index is 13.3. The summed E-state index contributed by atoms with van der Waals surface area (Å²) in [6.07, 6.45) is -0.551. The van der Waals surface area contributed by atoms with E-state index in [0.29, 0.717) is 0 Å². The summed E-state index contributed by atoms with van der Waals surface area (Å²) in [6.45, 7) is -1.04. The van der Waals surface area contributed by atoms with Crippen LogP contribution in [0.15, 0.2) is 18.2 Å². The normalized spacial score (nSPS) is 9.90. The predicted molar refractivity (Wildman–Crippen MR) is 63.7 cm³/mol. The van der Waals surface area contributed by atoms with E-state index in [4.69, 9.17) is 5.11 Å². The molecular formula is C12H12F2N2O4. The van der Waals surface area contributed by atoms with Gasteiger partial charge in [0.2, 0.25) is 11.8 Å². The monoisotopic (exact) mass is 286 g/mol. The molecule has 0 aliphatic rings. The molecule has 0 saturated heterocycles. The van der Waals surface area contributed by atoms with E-state index in [1.165, 1.54) is 6.07 Å². The second-order valence-electron chi connectivity index (χ2n) is 3.82. The van der Waals surface area contributed by atoms with Gasteiger partial charge in [-0.05, 0) is 12.1 Å². The van der Waals surface area contributed by atoms with E-state index in [0.717, 1.165) is 12.1 Å². The van der Waals surface area contributed by atoms with Crippen LogP contribution in [-0.4, -0.2) is 36.0 Å². The first kappa shape index (κ1) is 15.5. The lowest BCUT2D eigenvalue weighted by Crippen LogP contribution is -2.39. The standard InChI is InChI=1S/C12H12F2N2O4/c13-8-2-1-3-9(14)7(8)4-10(17)15-5-11(18)16-6-12(19)20/h1-3H,4-6H2,(H,15,17)(H,16,18)(H,19,20). The van der Waals surface area contributed by atoms with Crippen LogP contribution in [0.5, 0.6) is 0 Å². The zero-order valence-corrected chi connectivity index (χ0v) is 10.3. The highest BCUT2D eigenvalue weighted by molar-refractivity contribution is 5.87. The number of amides is 2. The molecule has 0 bridgehead atoms. The van der Waals surface area contributed by atoms with Crippen molar-refractivity contribution < 1.29 is 28.3 Å². The highest BCUT2D eigenvalue weighted by Crippen LogP contribution is 2.12. The van der Waals surface area contributed by atoms with Crippen LogP contribution >= 0.6 is 0 Å². The summed E-state index contributed by atoms with van der Waals surface area (Å²) >= 11 is 0. The maximum Gasteiger partial charge on any atom is 0.322 e. The molecule has 0 unspecified atom stereocenters. The molecule has 6 nitrogen and oxygen atoms in total. The molecule has 8 heteroatoms. The van der Waals surface area contributed by atoms with Crippen molar-refractivity contribution in [3.63, 3.8) is 0 Å². The second kappa shape index (κ2) is 7.17. The molecule has 0 fully saturated rings. The molecule has 20 heavy (non-hydrogen) atoms. The van der Waals surface area contributed by atoms with Crippen molar-refractivity contribution >= 4 is 17.8 Å². The van der Waals surface area contributed by atoms with E-state index >= 15 is 0 Å². The summed E-state index contributed by atoms with van der Waals surface area (Å²) in [4.78, 5) is 32.7. The molecule has 1 rings (SSSR count). The molecular weight excluding hydrogens is 274 g/mol. The molecule has 0 aliphatic carbocycles. The molecule has 0 aliphatic heterocycles. The molecule has 0 heterocycles. The number of carboxylic acids is 1. The Bertz CT molecular complexity index is 514. The van der Waals surface area contributed by atoms with Crippen LogP contribution in [0, 0.1) is 11.6 Å². The molecule has 3 N–H and O–H groups in total. The fourth-order valence-electron chi connectivity index (χ4n) is 1.34. The van der Waals surface area contributed by atoms with Crippen molar-refractivity contribution in [1.29, 1.82) is 0 Å². The Morgan fingerprint density at radius 3 is 2.10 bits per heavy atom. The van der Waals surface area contributed by atoms with Gasteiger partial charge in [-0.3, -0.25) is 14.4 Å². The minimum Gasteiger partial charge on any atom is -0.480 e. The second-order valence-corrected chi connectivity index (χ2v) is 3.82. The smallest absolute Gasteiger partial charge is 0.322 e. The molecule has 2 amide bonds. The average molecular weight is 286 g/mol. The number of rotatable bonds is 6. The van der Waals surface area contributed by atoms with Crippen LogP contribution in [0.3, 0.4) is 0 Å². The summed E-state index contributed by atoms with van der Waals surface area (Å²) in [7, 11) is 0. The number of nitrogens with one attached hydrogen (secondary N) is 2. The number of hydrogen-bond donors (Lipinski definition) is 3. The Balaban J connectivity index is 2.44. The van der Waals surface area contributed by atoms with Gasteiger partial charge in [-0.25, -0.2) is 8.78 Å². The van der Waals surface area contributed by atoms with Crippen LogP contribution in [0.2, 0.25) is 0 Å². The van der Waals surface area contributed by atoms with Gasteiger partial charge in [0.1, 0.15) is 18.2 Å². The lowest BCUT2D eigenvalue weighted by molar-refractivity contribution is -0.137. The van der Waals surface area contributed by atoms with Gasteiger partial charge in [0, 0.05) is 5.56 Å². The van der Waals surface area contributed by atoms with Crippen LogP contribution in [0.1, 0.15) is 5.56 Å². The number of carbonyl (C=O) groups excluding carboxylic acids is 2. The fourth-order valence-corrected chi connectivity index (χ4v) is 1.34. The van der Waals surface area contributed by atoms with Gasteiger partial charge in [0.15, 0.2) is 0 Å². The first-order chi connectivity index (χ1) is 9.40. The SMILES string of the molecule is O=C(O)CNC(=O)CNC(=O)Cc1c(F)cccc1F. The van der Waals surface area contributed by atoms with Crippen molar-refractivity contribution in [2.24, 2.45) is 0 Å². The Hall–Kier alpha value is -2.51. The van der Waals surface area contributed by atoms with Crippen LogP contribution in [0.25, 0.3) is 0 Å². The largest absolute Gasteiger partial charge is 0.480 e. The zero-order chi connectivity index (χ0) is 15.1. The van der Waals surface area contributed by atoms with E-state index in [-0.39, 0.29) is 0 Å². The average Bonchev–Trinajstić information content (AvgIpc) is 2.38. The summed E-state index contributed by atoms with van der Waals surface area (Å²) < 4.78 is 26.5. The molecule has 0 aromatic heterocycles. The fraction of sp³-hybridized carbons (Fsp3) is 0.250. The lowest BCUT2D eigenvalue weighted by Gasteiger charge is -2.07. The third-order valence-corrected chi connectivity index (χ3v) is 2.28. The van der Waals surface area contributed by atoms with Gasteiger partial charge >= 0.3 is 5.97 Å². The Labute approximate surface area is 112 Å². The van der Waals surface area contributed by atoms with Crippen LogP contribution in [0.4, 0.5) is 8.78 Å². The first-order valence-electron chi connectivity index (χ1n) is 5.58. The molecule has 0 radical (unpaired) electrons. The summed E-state index contributed by atoms with van der Waals surface area (Å²) in [6, 6.07) is 3.21. The summed E-state index contributed by atoms with van der Waals surface area (Å²) in [5.41, 5.74) is -0.393. The Kier molecular flexibility index (Phi) is 5.57. The number of hydrogen-bond acceptors (Lipinski definition) is 3. The highest BCUT2D eigenvalue weighted by Gasteiger charge is 2.13. The van der Waals surface area contributed by atoms with Crippen LogP contribution in [-0.2, 0) is 20.8 Å². The summed E-state index contributed by atoms with van der Waals surface area (Å²) in [5, 5.41) is 12.5. The molecule has 1 aromatic rings. The van der Waals surface area contributed by atoms with Crippen molar-refractivity contribution in [2.45, 2.75) is 6.42 Å². The number of halogens is 2. The molecule has 0 atom stereocenters. The molecule has 108 valence electrons. The first-order valence-corrected chi connectivity index (χ1v) is 5.58. The third-order valence-electron chi connectivity index (χ3n) is 2.28. The minimum atomic E-state index is -1.22. The molecule has 0 saturated carbocycles. The van der Waals surface area contributed by atoms with Crippen molar-refractivity contribution in [1.82, 2.24) is 10.6 Å². The summed E-state index contributed by atoms with van der Waals surface area (Å²) in [5.74, 6) is -4.39. The zero-order valence-electron chi connectivity index (χ0n) is 10.3. The van der Waals surface area contributed by atoms with E-state index in [9.17, 15) is 23.2 Å². The quantitative estimate of drug-likeness (QED) is 0.676. The van der Waals surface area contributed by atoms with E-state index in [1.807, 2.05) is 5.32 Å². The molecule has 0 spiro atoms. The lowest BCUT2D eigenvalue weighted by atomic mass is 10.1. The van der Waals surface area contributed by atoms with Gasteiger partial charge in [0.25, 0.3) is 0 Å². The van der Waals surface area contributed by atoms with E-state index < -0.39 is 54.5 Å². The van der Waals surface area contributed by atoms with E-state index in [1.54, 1.807) is 0 Å². The van der Waals surface area contributed by atoms with Gasteiger partial charge < -0.3 is 15.7 Å². The highest BCUT2D eigenvalue weighted by atomic mass is 19.1. The number of carboxylic acid groups (broad SMARTS) is 1. The van der Waals surface area contributed by atoms with Gasteiger partial charge in [-0.15, -0.1) is 0 Å². The van der Waals surface area contributed by atoms with Crippen molar-refractivity contribution in [3.8, 4) is 0 Å². The maximum absolute atomic E-state index is 13.3. The van der Waals surface area contributed by atoms with Crippen molar-refractivity contribution in [2.75, 3.05) is 13.1 Å². The third kappa shape index (κ3) is 5.01. The number of aliphatic carboxylic acids is 1. The van der Waals surface area contributed by atoms with Gasteiger partial charge in [-0.1, -0.05) is 6.07 Å². The topological polar surface area (TPSA) is 95.5 Å². The van der Waals surface area contributed by atoms with Crippen LogP contribution < -0.4 is 10.6 Å². The number of carbonyl (C=O) groups is 3. The Morgan fingerprint density at radius 1 is 1.00 bits per heavy atom.